The van der Waals surface area contributed by atoms with Crippen LogP contribution in [0.3, 0.4) is 0 Å². The van der Waals surface area contributed by atoms with Crippen LogP contribution in [0.4, 0.5) is 15.0 Å². The second-order valence-corrected chi connectivity index (χ2v) is 6.67. The van der Waals surface area contributed by atoms with Crippen molar-refractivity contribution < 1.29 is 14.3 Å². The van der Waals surface area contributed by atoms with Crippen LogP contribution >= 0.6 is 0 Å². The summed E-state index contributed by atoms with van der Waals surface area (Å²) in [6.45, 7) is 5.02. The van der Waals surface area contributed by atoms with Crippen LogP contribution in [0.1, 0.15) is 31.1 Å². The molecule has 8 heteroatoms. The van der Waals surface area contributed by atoms with Crippen LogP contribution in [-0.2, 0) is 0 Å². The highest BCUT2D eigenvalue weighted by Crippen LogP contribution is 2.26. The van der Waals surface area contributed by atoms with E-state index in [1.807, 2.05) is 6.92 Å². The molecule has 0 bridgehead atoms. The number of aromatic amines is 1. The highest BCUT2D eigenvalue weighted by atomic mass is 19.1. The third-order valence-electron chi connectivity index (χ3n) is 4.06. The lowest BCUT2D eigenvalue weighted by Gasteiger charge is -2.30. The Hall–Kier alpha value is -3.00. The Morgan fingerprint density at radius 3 is 2.65 bits per heavy atom. The van der Waals surface area contributed by atoms with E-state index in [1.165, 1.54) is 24.3 Å². The van der Waals surface area contributed by atoms with E-state index in [4.69, 9.17) is 0 Å². The molecular formula is C18H20FN5O2. The molecule has 3 aromatic rings. The predicted molar refractivity (Wildman–Crippen MR) is 96.2 cm³/mol. The first-order valence-corrected chi connectivity index (χ1v) is 8.10. The number of aryl methyl sites for hydroxylation is 1. The molecule has 1 unspecified atom stereocenters. The Morgan fingerprint density at radius 2 is 2.00 bits per heavy atom. The number of nitrogens with one attached hydrogen (secondary N) is 3. The van der Waals surface area contributed by atoms with Gasteiger partial charge in [0.15, 0.2) is 0 Å². The number of hydrogen-bond acceptors (Lipinski definition) is 4. The van der Waals surface area contributed by atoms with Crippen LogP contribution in [0.2, 0.25) is 0 Å². The number of aliphatic hydroxyl groups is 1. The summed E-state index contributed by atoms with van der Waals surface area (Å²) >= 11 is 0. The zero-order chi connectivity index (χ0) is 18.9. The van der Waals surface area contributed by atoms with Gasteiger partial charge in [0, 0.05) is 23.3 Å². The van der Waals surface area contributed by atoms with Gasteiger partial charge in [-0.05, 0) is 38.5 Å². The maximum absolute atomic E-state index is 13.1. The number of urea groups is 1. The van der Waals surface area contributed by atoms with E-state index >= 15 is 0 Å². The van der Waals surface area contributed by atoms with E-state index in [-0.39, 0.29) is 5.82 Å². The molecule has 4 N–H and O–H groups in total. The number of fused-ring (bicyclic) bond motifs is 1. The summed E-state index contributed by atoms with van der Waals surface area (Å²) in [5.74, 6) is -0.0606. The van der Waals surface area contributed by atoms with E-state index < -0.39 is 17.7 Å². The third kappa shape index (κ3) is 3.80. The van der Waals surface area contributed by atoms with Crippen molar-refractivity contribution in [3.63, 3.8) is 0 Å². The highest BCUT2D eigenvalue weighted by Gasteiger charge is 2.30. The number of rotatable bonds is 4. The number of amides is 2. The molecule has 2 aromatic heterocycles. The Morgan fingerprint density at radius 1 is 1.31 bits per heavy atom. The van der Waals surface area contributed by atoms with Gasteiger partial charge in [0.1, 0.15) is 11.6 Å². The predicted octanol–water partition coefficient (Wildman–Crippen LogP) is 3.04. The second kappa shape index (κ2) is 6.72. The zero-order valence-corrected chi connectivity index (χ0v) is 14.7. The van der Waals surface area contributed by atoms with Gasteiger partial charge in [0.25, 0.3) is 0 Å². The van der Waals surface area contributed by atoms with Gasteiger partial charge in [0.2, 0.25) is 0 Å². The summed E-state index contributed by atoms with van der Waals surface area (Å²) in [5, 5.41) is 23.6. The van der Waals surface area contributed by atoms with Crippen LogP contribution in [0.15, 0.2) is 36.5 Å². The lowest BCUT2D eigenvalue weighted by molar-refractivity contribution is 0.0415. The largest absolute Gasteiger partial charge is 0.388 e. The minimum absolute atomic E-state index is 0.329. The number of pyridine rings is 1. The number of H-pyrrole nitrogens is 1. The van der Waals surface area contributed by atoms with E-state index in [0.717, 1.165) is 11.1 Å². The van der Waals surface area contributed by atoms with E-state index in [0.29, 0.717) is 16.9 Å². The van der Waals surface area contributed by atoms with Gasteiger partial charge in [-0.2, -0.15) is 5.10 Å². The molecule has 0 saturated carbocycles. The molecule has 3 rings (SSSR count). The number of nitrogens with zero attached hydrogens (tertiary/aromatic N) is 2. The third-order valence-corrected chi connectivity index (χ3v) is 4.06. The number of halogens is 1. The Kier molecular flexibility index (Phi) is 4.60. The Labute approximate surface area is 149 Å². The van der Waals surface area contributed by atoms with Gasteiger partial charge in [-0.25, -0.2) is 14.2 Å². The number of benzene rings is 1. The van der Waals surface area contributed by atoms with Crippen LogP contribution in [0.5, 0.6) is 0 Å². The summed E-state index contributed by atoms with van der Waals surface area (Å²) in [5.41, 5.74) is 0.902. The molecule has 7 nitrogen and oxygen atoms in total. The summed E-state index contributed by atoms with van der Waals surface area (Å²) in [6.07, 6.45) is 1.62. The van der Waals surface area contributed by atoms with Crippen LogP contribution in [0, 0.1) is 12.7 Å². The zero-order valence-electron chi connectivity index (χ0n) is 14.7. The van der Waals surface area contributed by atoms with Crippen molar-refractivity contribution >= 4 is 22.8 Å². The molecule has 2 amide bonds. The smallest absolute Gasteiger partial charge is 0.320 e. The standard InChI is InChI=1S/C18H20FN5O2/c1-10-13-9-20-15(8-14(13)24-23-10)21-17(25)22-16(18(2,3)26)11-4-6-12(19)7-5-11/h4-9,16,26H,1-3H3,(H,23,24)(H2,20,21,22,25). The number of carbonyl (C=O) groups is 1. The molecular weight excluding hydrogens is 337 g/mol. The molecule has 0 saturated heterocycles. The van der Waals surface area contributed by atoms with Crippen molar-refractivity contribution in [2.75, 3.05) is 5.32 Å². The van der Waals surface area contributed by atoms with Crippen molar-refractivity contribution in [3.05, 3.63) is 53.6 Å². The normalized spacial score (nSPS) is 12.8. The first-order valence-electron chi connectivity index (χ1n) is 8.10. The van der Waals surface area contributed by atoms with E-state index in [9.17, 15) is 14.3 Å². The van der Waals surface area contributed by atoms with Gasteiger partial charge in [-0.15, -0.1) is 0 Å². The molecule has 0 aliphatic heterocycles. The minimum Gasteiger partial charge on any atom is -0.388 e. The molecule has 0 fully saturated rings. The fourth-order valence-corrected chi connectivity index (χ4v) is 2.71. The first-order chi connectivity index (χ1) is 12.2. The fraction of sp³-hybridized carbons (Fsp3) is 0.278. The SMILES string of the molecule is Cc1[nH]nc2cc(NC(=O)NC(c3ccc(F)cc3)C(C)(C)O)ncc12. The molecule has 1 atom stereocenters. The number of aromatic nitrogens is 3. The van der Waals surface area contributed by atoms with Crippen LogP contribution in [-0.4, -0.2) is 31.9 Å². The van der Waals surface area contributed by atoms with Crippen molar-refractivity contribution in [1.82, 2.24) is 20.5 Å². The molecule has 1 aromatic carbocycles. The molecule has 2 heterocycles. The lowest BCUT2D eigenvalue weighted by Crippen LogP contribution is -2.43. The number of carbonyl (C=O) groups excluding carboxylic acids is 1. The Bertz CT molecular complexity index is 931. The van der Waals surface area contributed by atoms with Gasteiger partial charge >= 0.3 is 6.03 Å². The number of anilines is 1. The first kappa shape index (κ1) is 17.8. The highest BCUT2D eigenvalue weighted by molar-refractivity contribution is 5.91. The van der Waals surface area contributed by atoms with Crippen molar-refractivity contribution in [3.8, 4) is 0 Å². The fourth-order valence-electron chi connectivity index (χ4n) is 2.71. The molecule has 0 radical (unpaired) electrons. The van der Waals surface area contributed by atoms with E-state index in [2.05, 4.69) is 25.8 Å². The van der Waals surface area contributed by atoms with Crippen LogP contribution in [0.25, 0.3) is 10.9 Å². The van der Waals surface area contributed by atoms with E-state index in [1.54, 1.807) is 26.1 Å². The monoisotopic (exact) mass is 357 g/mol. The van der Waals surface area contributed by atoms with Gasteiger partial charge in [0.05, 0.1) is 17.2 Å². The Balaban J connectivity index is 1.77. The van der Waals surface area contributed by atoms with Crippen molar-refractivity contribution in [2.45, 2.75) is 32.4 Å². The summed E-state index contributed by atoms with van der Waals surface area (Å²) < 4.78 is 13.1. The summed E-state index contributed by atoms with van der Waals surface area (Å²) in [7, 11) is 0. The van der Waals surface area contributed by atoms with Crippen molar-refractivity contribution in [2.24, 2.45) is 0 Å². The summed E-state index contributed by atoms with van der Waals surface area (Å²) in [6, 6.07) is 5.98. The molecule has 0 aliphatic carbocycles. The van der Waals surface area contributed by atoms with Crippen LogP contribution < -0.4 is 10.6 Å². The van der Waals surface area contributed by atoms with Gasteiger partial charge in [-0.1, -0.05) is 12.1 Å². The molecule has 0 aliphatic rings. The maximum Gasteiger partial charge on any atom is 0.320 e. The quantitative estimate of drug-likeness (QED) is 0.576. The second-order valence-electron chi connectivity index (χ2n) is 6.67. The molecule has 136 valence electrons. The molecule has 0 spiro atoms. The topological polar surface area (TPSA) is 103 Å². The maximum atomic E-state index is 13.1. The van der Waals surface area contributed by atoms with Crippen molar-refractivity contribution in [1.29, 1.82) is 0 Å². The average Bonchev–Trinajstić information content (AvgIpc) is 2.93. The average molecular weight is 357 g/mol. The minimum atomic E-state index is -1.26. The summed E-state index contributed by atoms with van der Waals surface area (Å²) in [4.78, 5) is 16.6. The van der Waals surface area contributed by atoms with Gasteiger partial charge < -0.3 is 10.4 Å². The molecule has 26 heavy (non-hydrogen) atoms. The lowest BCUT2D eigenvalue weighted by atomic mass is 9.92. The van der Waals surface area contributed by atoms with Gasteiger partial charge in [-0.3, -0.25) is 10.4 Å². The number of hydrogen-bond donors (Lipinski definition) is 4.